The van der Waals surface area contributed by atoms with E-state index >= 15 is 0 Å². The van der Waals surface area contributed by atoms with Crippen molar-refractivity contribution < 1.29 is 4.79 Å². The van der Waals surface area contributed by atoms with Gasteiger partial charge in [0.1, 0.15) is 5.01 Å². The second-order valence-electron chi connectivity index (χ2n) is 5.93. The highest BCUT2D eigenvalue weighted by Crippen LogP contribution is 2.29. The summed E-state index contributed by atoms with van der Waals surface area (Å²) in [5.74, 6) is -0.00200. The Balaban J connectivity index is 1.63. The third kappa shape index (κ3) is 2.95. The summed E-state index contributed by atoms with van der Waals surface area (Å²) in [4.78, 5) is 19.3. The SMILES string of the molecule is CC1CN(Cc2csc(-c3ccsc3)n2)c2ccccc2C(=O)N1. The highest BCUT2D eigenvalue weighted by Gasteiger charge is 2.24. The lowest BCUT2D eigenvalue weighted by Crippen LogP contribution is -2.38. The molecule has 4 nitrogen and oxygen atoms in total. The van der Waals surface area contributed by atoms with Crippen molar-refractivity contribution in [1.82, 2.24) is 10.3 Å². The number of anilines is 1. The highest BCUT2D eigenvalue weighted by atomic mass is 32.1. The molecule has 0 spiro atoms. The zero-order valence-corrected chi connectivity index (χ0v) is 14.9. The molecule has 1 unspecified atom stereocenters. The molecule has 122 valence electrons. The van der Waals surface area contributed by atoms with E-state index < -0.39 is 0 Å². The molecule has 3 aromatic rings. The minimum Gasteiger partial charge on any atom is -0.363 e. The van der Waals surface area contributed by atoms with Gasteiger partial charge in [-0.05, 0) is 30.5 Å². The molecule has 1 aromatic carbocycles. The van der Waals surface area contributed by atoms with E-state index in [2.05, 4.69) is 32.4 Å². The van der Waals surface area contributed by atoms with Crippen molar-refractivity contribution >= 4 is 34.3 Å². The predicted octanol–water partition coefficient (Wildman–Crippen LogP) is 4.01. The molecule has 6 heteroatoms. The first-order valence-electron chi connectivity index (χ1n) is 7.82. The van der Waals surface area contributed by atoms with Crippen molar-refractivity contribution in [3.8, 4) is 10.6 Å². The maximum Gasteiger partial charge on any atom is 0.253 e. The normalized spacial score (nSPS) is 17.3. The van der Waals surface area contributed by atoms with Gasteiger partial charge in [0.05, 0.1) is 17.8 Å². The Morgan fingerprint density at radius 3 is 3.00 bits per heavy atom. The number of thiophene rings is 1. The topological polar surface area (TPSA) is 45.2 Å². The van der Waals surface area contributed by atoms with Gasteiger partial charge >= 0.3 is 0 Å². The summed E-state index contributed by atoms with van der Waals surface area (Å²) in [6.45, 7) is 3.51. The number of carbonyl (C=O) groups is 1. The fraction of sp³-hybridized carbons (Fsp3) is 0.222. The van der Waals surface area contributed by atoms with Crippen LogP contribution in [0.3, 0.4) is 0 Å². The molecule has 1 atom stereocenters. The standard InChI is InChI=1S/C18H17N3OS2/c1-12-8-21(16-5-3-2-4-15(16)17(22)19-12)9-14-11-24-18(20-14)13-6-7-23-10-13/h2-7,10-12H,8-9H2,1H3,(H,19,22). The number of aromatic nitrogens is 1. The Labute approximate surface area is 148 Å². The average Bonchev–Trinajstić information content (AvgIpc) is 3.23. The van der Waals surface area contributed by atoms with Crippen LogP contribution in [-0.4, -0.2) is 23.5 Å². The summed E-state index contributed by atoms with van der Waals surface area (Å²) < 4.78 is 0. The maximum absolute atomic E-state index is 12.3. The number of nitrogens with zero attached hydrogens (tertiary/aromatic N) is 2. The second-order valence-corrected chi connectivity index (χ2v) is 7.57. The van der Waals surface area contributed by atoms with Crippen LogP contribution in [0, 0.1) is 0 Å². The minimum absolute atomic E-state index is 0.00200. The number of fused-ring (bicyclic) bond motifs is 1. The number of nitrogens with one attached hydrogen (secondary N) is 1. The van der Waals surface area contributed by atoms with E-state index in [1.807, 2.05) is 31.2 Å². The first-order chi connectivity index (χ1) is 11.7. The van der Waals surface area contributed by atoms with E-state index in [1.165, 1.54) is 5.56 Å². The van der Waals surface area contributed by atoms with Crippen molar-refractivity contribution in [3.63, 3.8) is 0 Å². The molecule has 1 aliphatic heterocycles. The lowest BCUT2D eigenvalue weighted by atomic mass is 10.1. The van der Waals surface area contributed by atoms with Gasteiger partial charge in [0.2, 0.25) is 0 Å². The van der Waals surface area contributed by atoms with Crippen LogP contribution in [0.25, 0.3) is 10.6 Å². The molecule has 3 heterocycles. The van der Waals surface area contributed by atoms with E-state index in [-0.39, 0.29) is 11.9 Å². The van der Waals surface area contributed by atoms with Gasteiger partial charge in [0.25, 0.3) is 5.91 Å². The first kappa shape index (κ1) is 15.4. The number of hydrogen-bond donors (Lipinski definition) is 1. The van der Waals surface area contributed by atoms with Gasteiger partial charge in [0.15, 0.2) is 0 Å². The van der Waals surface area contributed by atoms with Crippen molar-refractivity contribution in [2.24, 2.45) is 0 Å². The zero-order valence-electron chi connectivity index (χ0n) is 13.2. The fourth-order valence-electron chi connectivity index (χ4n) is 2.96. The Morgan fingerprint density at radius 1 is 1.29 bits per heavy atom. The van der Waals surface area contributed by atoms with Gasteiger partial charge in [0, 0.05) is 34.6 Å². The second kappa shape index (κ2) is 6.37. The van der Waals surface area contributed by atoms with Crippen LogP contribution in [0.1, 0.15) is 23.0 Å². The summed E-state index contributed by atoms with van der Waals surface area (Å²) in [5, 5.41) is 10.4. The molecule has 0 aliphatic carbocycles. The molecule has 0 radical (unpaired) electrons. The van der Waals surface area contributed by atoms with Crippen LogP contribution in [-0.2, 0) is 6.54 Å². The Morgan fingerprint density at radius 2 is 2.17 bits per heavy atom. The molecule has 0 bridgehead atoms. The number of hydrogen-bond acceptors (Lipinski definition) is 5. The molecule has 4 rings (SSSR count). The molecule has 0 fully saturated rings. The number of carbonyl (C=O) groups excluding carboxylic acids is 1. The van der Waals surface area contributed by atoms with Crippen LogP contribution in [0.2, 0.25) is 0 Å². The summed E-state index contributed by atoms with van der Waals surface area (Å²) in [5.41, 5.74) is 3.93. The third-order valence-electron chi connectivity index (χ3n) is 4.03. The number of rotatable bonds is 3. The van der Waals surface area contributed by atoms with Crippen molar-refractivity contribution in [3.05, 3.63) is 57.7 Å². The molecule has 2 aromatic heterocycles. The van der Waals surface area contributed by atoms with Crippen molar-refractivity contribution in [2.75, 3.05) is 11.4 Å². The number of para-hydroxylation sites is 1. The largest absolute Gasteiger partial charge is 0.363 e. The number of benzene rings is 1. The number of amides is 1. The van der Waals surface area contributed by atoms with Crippen LogP contribution in [0.5, 0.6) is 0 Å². The molecule has 1 amide bonds. The minimum atomic E-state index is -0.00200. The summed E-state index contributed by atoms with van der Waals surface area (Å²) in [6.07, 6.45) is 0. The molecule has 1 N–H and O–H groups in total. The van der Waals surface area contributed by atoms with Crippen LogP contribution >= 0.6 is 22.7 Å². The van der Waals surface area contributed by atoms with Gasteiger partial charge in [-0.2, -0.15) is 11.3 Å². The highest BCUT2D eigenvalue weighted by molar-refractivity contribution is 7.14. The molecule has 0 saturated carbocycles. The Hall–Kier alpha value is -2.18. The van der Waals surface area contributed by atoms with E-state index in [9.17, 15) is 4.79 Å². The van der Waals surface area contributed by atoms with Gasteiger partial charge in [-0.3, -0.25) is 4.79 Å². The average molecular weight is 355 g/mol. The molecular weight excluding hydrogens is 338 g/mol. The van der Waals surface area contributed by atoms with E-state index in [0.717, 1.165) is 28.5 Å². The predicted molar refractivity (Wildman–Crippen MR) is 99.8 cm³/mol. The monoisotopic (exact) mass is 355 g/mol. The Bertz CT molecular complexity index is 857. The number of thiazole rings is 1. The smallest absolute Gasteiger partial charge is 0.253 e. The fourth-order valence-corrected chi connectivity index (χ4v) is 4.48. The maximum atomic E-state index is 12.3. The molecule has 24 heavy (non-hydrogen) atoms. The van der Waals surface area contributed by atoms with Crippen LogP contribution in [0.15, 0.2) is 46.5 Å². The van der Waals surface area contributed by atoms with Crippen molar-refractivity contribution in [1.29, 1.82) is 0 Å². The summed E-state index contributed by atoms with van der Waals surface area (Å²) >= 11 is 3.35. The van der Waals surface area contributed by atoms with Crippen LogP contribution in [0.4, 0.5) is 5.69 Å². The molecule has 0 saturated heterocycles. The third-order valence-corrected chi connectivity index (χ3v) is 5.66. The first-order valence-corrected chi connectivity index (χ1v) is 9.65. The van der Waals surface area contributed by atoms with E-state index in [0.29, 0.717) is 6.54 Å². The summed E-state index contributed by atoms with van der Waals surface area (Å²) in [7, 11) is 0. The lowest BCUT2D eigenvalue weighted by Gasteiger charge is -2.25. The van der Waals surface area contributed by atoms with Crippen molar-refractivity contribution in [2.45, 2.75) is 19.5 Å². The van der Waals surface area contributed by atoms with Gasteiger partial charge in [-0.15, -0.1) is 11.3 Å². The van der Waals surface area contributed by atoms with Crippen LogP contribution < -0.4 is 10.2 Å². The lowest BCUT2D eigenvalue weighted by molar-refractivity contribution is 0.0945. The van der Waals surface area contributed by atoms with E-state index in [4.69, 9.17) is 4.98 Å². The summed E-state index contributed by atoms with van der Waals surface area (Å²) in [6, 6.07) is 9.97. The molecule has 1 aliphatic rings. The van der Waals surface area contributed by atoms with Gasteiger partial charge < -0.3 is 10.2 Å². The Kier molecular flexibility index (Phi) is 4.08. The van der Waals surface area contributed by atoms with Gasteiger partial charge in [-0.1, -0.05) is 12.1 Å². The molecular formula is C18H17N3OS2. The van der Waals surface area contributed by atoms with E-state index in [1.54, 1.807) is 22.7 Å². The van der Waals surface area contributed by atoms with Gasteiger partial charge in [-0.25, -0.2) is 4.98 Å². The zero-order chi connectivity index (χ0) is 16.5. The quantitative estimate of drug-likeness (QED) is 0.772.